The lowest BCUT2D eigenvalue weighted by atomic mass is 10.1. The van der Waals surface area contributed by atoms with Crippen molar-refractivity contribution in [1.82, 2.24) is 5.32 Å². The highest BCUT2D eigenvalue weighted by Crippen LogP contribution is 2.22. The second-order valence-electron chi connectivity index (χ2n) is 5.20. The fraction of sp³-hybridized carbons (Fsp3) is 0.176. The molecule has 0 bridgehead atoms. The van der Waals surface area contributed by atoms with Gasteiger partial charge < -0.3 is 5.32 Å². The fourth-order valence-corrected chi connectivity index (χ4v) is 2.87. The van der Waals surface area contributed by atoms with Crippen LogP contribution in [0, 0.1) is 6.92 Å². The number of carbonyl (C=O) groups is 1. The number of hydrogen-bond donors (Lipinski definition) is 1. The average molecular weight is 296 g/mol. The van der Waals surface area contributed by atoms with Crippen molar-refractivity contribution in [1.29, 1.82) is 0 Å². The van der Waals surface area contributed by atoms with E-state index in [1.807, 2.05) is 61.5 Å². The molecule has 3 nitrogen and oxygen atoms in total. The molecule has 4 heteroatoms. The lowest BCUT2D eigenvalue weighted by Gasteiger charge is -2.15. The highest BCUT2D eigenvalue weighted by atomic mass is 32.1. The molecule has 0 aromatic heterocycles. The molecule has 0 aliphatic carbocycles. The second-order valence-corrected chi connectivity index (χ2v) is 5.59. The van der Waals surface area contributed by atoms with Gasteiger partial charge in [0.05, 0.1) is 5.69 Å². The Hall–Kier alpha value is -2.20. The van der Waals surface area contributed by atoms with E-state index >= 15 is 0 Å². The molecule has 0 saturated carbocycles. The molecule has 1 heterocycles. The van der Waals surface area contributed by atoms with Crippen molar-refractivity contribution < 1.29 is 4.79 Å². The maximum absolute atomic E-state index is 12.6. The molecule has 1 fully saturated rings. The van der Waals surface area contributed by atoms with E-state index in [-0.39, 0.29) is 11.9 Å². The summed E-state index contributed by atoms with van der Waals surface area (Å²) in [5.41, 5.74) is 3.06. The Kier molecular flexibility index (Phi) is 3.71. The van der Waals surface area contributed by atoms with Gasteiger partial charge in [0.25, 0.3) is 5.91 Å². The predicted molar refractivity (Wildman–Crippen MR) is 88.3 cm³/mol. The van der Waals surface area contributed by atoms with E-state index in [2.05, 4.69) is 5.32 Å². The zero-order valence-corrected chi connectivity index (χ0v) is 12.6. The van der Waals surface area contributed by atoms with Gasteiger partial charge in [-0.15, -0.1) is 0 Å². The molecule has 106 valence electrons. The van der Waals surface area contributed by atoms with Gasteiger partial charge in [0, 0.05) is 6.42 Å². The zero-order valence-electron chi connectivity index (χ0n) is 11.7. The molecule has 1 aliphatic rings. The molecular weight excluding hydrogens is 280 g/mol. The Morgan fingerprint density at radius 3 is 2.62 bits per heavy atom. The zero-order chi connectivity index (χ0) is 14.8. The maximum Gasteiger partial charge on any atom is 0.256 e. The van der Waals surface area contributed by atoms with Crippen LogP contribution in [0.3, 0.4) is 0 Å². The standard InChI is InChI=1S/C17H16N2OS/c1-12-6-5-9-14(10-12)19-16(20)15(18-17(19)21)11-13-7-3-2-4-8-13/h2-10,15H,11H2,1H3,(H,18,21)/t15-/m1/s1. The van der Waals surface area contributed by atoms with Crippen LogP contribution in [-0.4, -0.2) is 17.1 Å². The number of rotatable bonds is 3. The maximum atomic E-state index is 12.6. The molecular formula is C17H16N2OS. The molecule has 1 aliphatic heterocycles. The summed E-state index contributed by atoms with van der Waals surface area (Å²) < 4.78 is 0. The number of carbonyl (C=O) groups excluding carboxylic acids is 1. The van der Waals surface area contributed by atoms with Gasteiger partial charge in [0.2, 0.25) is 0 Å². The van der Waals surface area contributed by atoms with Gasteiger partial charge in [0.15, 0.2) is 5.11 Å². The first kappa shape index (κ1) is 13.8. The van der Waals surface area contributed by atoms with Gasteiger partial charge in [-0.05, 0) is 42.4 Å². The minimum absolute atomic E-state index is 0.00875. The Morgan fingerprint density at radius 2 is 1.90 bits per heavy atom. The number of anilines is 1. The molecule has 2 aromatic carbocycles. The summed E-state index contributed by atoms with van der Waals surface area (Å²) in [6.45, 7) is 2.00. The van der Waals surface area contributed by atoms with Crippen LogP contribution in [0.15, 0.2) is 54.6 Å². The monoisotopic (exact) mass is 296 g/mol. The third-order valence-corrected chi connectivity index (χ3v) is 3.86. The van der Waals surface area contributed by atoms with Crippen molar-refractivity contribution in [2.45, 2.75) is 19.4 Å². The second kappa shape index (κ2) is 5.66. The quantitative estimate of drug-likeness (QED) is 0.884. The van der Waals surface area contributed by atoms with Gasteiger partial charge in [-0.3, -0.25) is 9.69 Å². The first-order chi connectivity index (χ1) is 10.1. The molecule has 1 saturated heterocycles. The number of nitrogens with one attached hydrogen (secondary N) is 1. The third-order valence-electron chi connectivity index (χ3n) is 3.56. The van der Waals surface area contributed by atoms with Crippen molar-refractivity contribution in [3.8, 4) is 0 Å². The molecule has 0 radical (unpaired) electrons. The summed E-state index contributed by atoms with van der Waals surface area (Å²) in [5, 5.41) is 3.61. The fourth-order valence-electron chi connectivity index (χ4n) is 2.53. The van der Waals surface area contributed by atoms with E-state index in [0.29, 0.717) is 11.5 Å². The van der Waals surface area contributed by atoms with Gasteiger partial charge in [-0.1, -0.05) is 42.5 Å². The molecule has 0 unspecified atom stereocenters. The number of hydrogen-bond acceptors (Lipinski definition) is 2. The van der Waals surface area contributed by atoms with Crippen LogP contribution < -0.4 is 10.2 Å². The van der Waals surface area contributed by atoms with E-state index in [0.717, 1.165) is 16.8 Å². The molecule has 3 rings (SSSR count). The average Bonchev–Trinajstić information content (AvgIpc) is 2.74. The normalized spacial score (nSPS) is 18.0. The van der Waals surface area contributed by atoms with Crippen molar-refractivity contribution in [3.63, 3.8) is 0 Å². The first-order valence-electron chi connectivity index (χ1n) is 6.90. The Balaban J connectivity index is 1.82. The van der Waals surface area contributed by atoms with E-state index in [4.69, 9.17) is 12.2 Å². The Bertz CT molecular complexity index is 684. The summed E-state index contributed by atoms with van der Waals surface area (Å²) in [5.74, 6) is 0.00875. The number of amides is 1. The van der Waals surface area contributed by atoms with Crippen molar-refractivity contribution >= 4 is 28.9 Å². The summed E-state index contributed by atoms with van der Waals surface area (Å²) in [4.78, 5) is 14.2. The molecule has 2 aromatic rings. The van der Waals surface area contributed by atoms with E-state index in [9.17, 15) is 4.79 Å². The Labute approximate surface area is 129 Å². The number of thiocarbonyl (C=S) groups is 1. The molecule has 1 atom stereocenters. The topological polar surface area (TPSA) is 32.3 Å². The van der Waals surface area contributed by atoms with Crippen LogP contribution in [-0.2, 0) is 11.2 Å². The first-order valence-corrected chi connectivity index (χ1v) is 7.31. The summed E-state index contributed by atoms with van der Waals surface area (Å²) in [7, 11) is 0. The van der Waals surface area contributed by atoms with Crippen molar-refractivity contribution in [2.75, 3.05) is 4.90 Å². The van der Waals surface area contributed by atoms with E-state index in [1.165, 1.54) is 0 Å². The number of benzene rings is 2. The Morgan fingerprint density at radius 1 is 1.14 bits per heavy atom. The van der Waals surface area contributed by atoms with Crippen molar-refractivity contribution in [3.05, 3.63) is 65.7 Å². The van der Waals surface area contributed by atoms with E-state index in [1.54, 1.807) is 4.90 Å². The van der Waals surface area contributed by atoms with Crippen LogP contribution >= 0.6 is 12.2 Å². The summed E-state index contributed by atoms with van der Waals surface area (Å²) in [6, 6.07) is 17.5. The van der Waals surface area contributed by atoms with Gasteiger partial charge in [-0.2, -0.15) is 0 Å². The SMILES string of the molecule is Cc1cccc(N2C(=O)[C@@H](Cc3ccccc3)NC2=S)c1. The molecule has 21 heavy (non-hydrogen) atoms. The highest BCUT2D eigenvalue weighted by molar-refractivity contribution is 7.80. The summed E-state index contributed by atoms with van der Waals surface area (Å²) >= 11 is 5.33. The van der Waals surface area contributed by atoms with E-state index < -0.39 is 0 Å². The minimum atomic E-state index is -0.291. The summed E-state index contributed by atoms with van der Waals surface area (Å²) in [6.07, 6.45) is 0.641. The minimum Gasteiger partial charge on any atom is -0.350 e. The third kappa shape index (κ3) is 2.81. The smallest absolute Gasteiger partial charge is 0.256 e. The van der Waals surface area contributed by atoms with Crippen LogP contribution in [0.4, 0.5) is 5.69 Å². The van der Waals surface area contributed by atoms with Gasteiger partial charge in [-0.25, -0.2) is 0 Å². The predicted octanol–water partition coefficient (Wildman–Crippen LogP) is 2.83. The van der Waals surface area contributed by atoms with Crippen molar-refractivity contribution in [2.24, 2.45) is 0 Å². The largest absolute Gasteiger partial charge is 0.350 e. The molecule has 1 N–H and O–H groups in total. The van der Waals surface area contributed by atoms with Gasteiger partial charge in [0.1, 0.15) is 6.04 Å². The van der Waals surface area contributed by atoms with Crippen LogP contribution in [0.1, 0.15) is 11.1 Å². The molecule has 0 spiro atoms. The lowest BCUT2D eigenvalue weighted by molar-refractivity contribution is -0.118. The lowest BCUT2D eigenvalue weighted by Crippen LogP contribution is -2.32. The van der Waals surface area contributed by atoms with Crippen LogP contribution in [0.5, 0.6) is 0 Å². The highest BCUT2D eigenvalue weighted by Gasteiger charge is 2.36. The van der Waals surface area contributed by atoms with Crippen LogP contribution in [0.25, 0.3) is 0 Å². The number of aryl methyl sites for hydroxylation is 1. The molecule has 1 amide bonds. The van der Waals surface area contributed by atoms with Crippen LogP contribution in [0.2, 0.25) is 0 Å². The number of nitrogens with zero attached hydrogens (tertiary/aromatic N) is 1. The van der Waals surface area contributed by atoms with Gasteiger partial charge >= 0.3 is 0 Å².